The SMILES string of the molecule is COCc1nn2c(c1-c1ccccc1)NC(=O)C2CC(=O)Nc1cc(Cl)cc(Cl)c1. The summed E-state index contributed by atoms with van der Waals surface area (Å²) >= 11 is 12.0. The van der Waals surface area contributed by atoms with Gasteiger partial charge in [-0.25, -0.2) is 4.68 Å². The molecule has 4 rings (SSSR count). The molecule has 1 atom stereocenters. The molecule has 1 aromatic heterocycles. The Labute approximate surface area is 182 Å². The molecule has 7 nitrogen and oxygen atoms in total. The van der Waals surface area contributed by atoms with Gasteiger partial charge in [0.25, 0.3) is 5.91 Å². The van der Waals surface area contributed by atoms with E-state index in [4.69, 9.17) is 27.9 Å². The first-order valence-corrected chi connectivity index (χ1v) is 9.94. The van der Waals surface area contributed by atoms with E-state index in [9.17, 15) is 9.59 Å². The number of anilines is 2. The molecule has 0 saturated heterocycles. The normalized spacial score (nSPS) is 15.0. The fraction of sp³-hybridized carbons (Fsp3) is 0.190. The van der Waals surface area contributed by atoms with Crippen LogP contribution in [-0.4, -0.2) is 28.7 Å². The van der Waals surface area contributed by atoms with E-state index >= 15 is 0 Å². The Kier molecular flexibility index (Phi) is 5.76. The third kappa shape index (κ3) is 4.05. The van der Waals surface area contributed by atoms with Crippen molar-refractivity contribution in [2.45, 2.75) is 19.1 Å². The van der Waals surface area contributed by atoms with Gasteiger partial charge < -0.3 is 15.4 Å². The van der Waals surface area contributed by atoms with E-state index in [0.717, 1.165) is 11.1 Å². The van der Waals surface area contributed by atoms with Crippen molar-refractivity contribution in [1.29, 1.82) is 0 Å². The summed E-state index contributed by atoms with van der Waals surface area (Å²) in [5.41, 5.74) is 2.84. The number of benzene rings is 2. The number of rotatable bonds is 6. The number of nitrogens with one attached hydrogen (secondary N) is 2. The van der Waals surface area contributed by atoms with Crippen LogP contribution in [0, 0.1) is 0 Å². The van der Waals surface area contributed by atoms with Gasteiger partial charge in [0.15, 0.2) is 0 Å². The summed E-state index contributed by atoms with van der Waals surface area (Å²) in [6.45, 7) is 0.278. The highest BCUT2D eigenvalue weighted by molar-refractivity contribution is 6.35. The first-order chi connectivity index (χ1) is 14.5. The average molecular weight is 445 g/mol. The van der Waals surface area contributed by atoms with Gasteiger partial charge in [-0.2, -0.15) is 5.10 Å². The van der Waals surface area contributed by atoms with Gasteiger partial charge in [0.05, 0.1) is 18.7 Å². The number of carbonyl (C=O) groups excluding carboxylic acids is 2. The van der Waals surface area contributed by atoms with E-state index in [1.165, 1.54) is 0 Å². The van der Waals surface area contributed by atoms with Gasteiger partial charge in [-0.15, -0.1) is 0 Å². The van der Waals surface area contributed by atoms with Crippen LogP contribution < -0.4 is 10.6 Å². The first-order valence-electron chi connectivity index (χ1n) is 9.19. The highest BCUT2D eigenvalue weighted by atomic mass is 35.5. The number of fused-ring (bicyclic) bond motifs is 1. The van der Waals surface area contributed by atoms with Gasteiger partial charge in [-0.3, -0.25) is 9.59 Å². The molecule has 0 fully saturated rings. The Bertz CT molecular complexity index is 1090. The highest BCUT2D eigenvalue weighted by Gasteiger charge is 2.37. The van der Waals surface area contributed by atoms with Crippen molar-refractivity contribution in [2.24, 2.45) is 0 Å². The lowest BCUT2D eigenvalue weighted by Crippen LogP contribution is -2.24. The topological polar surface area (TPSA) is 85.2 Å². The van der Waals surface area contributed by atoms with Crippen molar-refractivity contribution in [3.63, 3.8) is 0 Å². The summed E-state index contributed by atoms with van der Waals surface area (Å²) in [5.74, 6) is -0.0915. The smallest absolute Gasteiger partial charge is 0.251 e. The molecule has 0 aliphatic carbocycles. The van der Waals surface area contributed by atoms with Crippen molar-refractivity contribution in [1.82, 2.24) is 9.78 Å². The molecule has 3 aromatic rings. The van der Waals surface area contributed by atoms with E-state index in [1.54, 1.807) is 30.0 Å². The number of halogens is 2. The fourth-order valence-electron chi connectivity index (χ4n) is 3.48. The lowest BCUT2D eigenvalue weighted by atomic mass is 10.1. The zero-order chi connectivity index (χ0) is 21.3. The van der Waals surface area contributed by atoms with E-state index < -0.39 is 6.04 Å². The molecule has 2 N–H and O–H groups in total. The van der Waals surface area contributed by atoms with Crippen LogP contribution in [0.5, 0.6) is 0 Å². The van der Waals surface area contributed by atoms with Crippen LogP contribution in [0.2, 0.25) is 10.0 Å². The Hall–Kier alpha value is -2.87. The van der Waals surface area contributed by atoms with Crippen LogP contribution in [-0.2, 0) is 20.9 Å². The van der Waals surface area contributed by atoms with Crippen LogP contribution >= 0.6 is 23.2 Å². The van der Waals surface area contributed by atoms with Crippen LogP contribution in [0.4, 0.5) is 11.5 Å². The van der Waals surface area contributed by atoms with Crippen molar-refractivity contribution in [3.05, 3.63) is 64.3 Å². The summed E-state index contributed by atoms with van der Waals surface area (Å²) in [6, 6.07) is 13.6. The van der Waals surface area contributed by atoms with Crippen LogP contribution in [0.3, 0.4) is 0 Å². The molecule has 0 bridgehead atoms. The lowest BCUT2D eigenvalue weighted by Gasteiger charge is -2.11. The maximum absolute atomic E-state index is 12.6. The molecule has 2 aromatic carbocycles. The average Bonchev–Trinajstić information content (AvgIpc) is 3.17. The molecule has 9 heteroatoms. The van der Waals surface area contributed by atoms with Gasteiger partial charge in [-0.1, -0.05) is 53.5 Å². The summed E-state index contributed by atoms with van der Waals surface area (Å²) in [7, 11) is 1.58. The summed E-state index contributed by atoms with van der Waals surface area (Å²) in [4.78, 5) is 25.2. The molecule has 1 unspecified atom stereocenters. The zero-order valence-electron chi connectivity index (χ0n) is 16.0. The molecule has 2 heterocycles. The minimum Gasteiger partial charge on any atom is -0.378 e. The zero-order valence-corrected chi connectivity index (χ0v) is 17.5. The predicted octanol–water partition coefficient (Wildman–Crippen LogP) is 4.53. The van der Waals surface area contributed by atoms with Crippen LogP contribution in [0.25, 0.3) is 11.1 Å². The standard InChI is InChI=1S/C21H18Cl2N4O3/c1-30-11-16-19(12-5-3-2-4-6-12)20-25-21(29)17(27(20)26-16)10-18(28)24-15-8-13(22)7-14(23)9-15/h2-9,17H,10-11H2,1H3,(H,24,28)(H,25,29). The number of ether oxygens (including phenoxy) is 1. The summed E-state index contributed by atoms with van der Waals surface area (Å²) in [6.07, 6.45) is -0.0920. The van der Waals surface area contributed by atoms with E-state index in [0.29, 0.717) is 27.2 Å². The Morgan fingerprint density at radius 3 is 2.57 bits per heavy atom. The lowest BCUT2D eigenvalue weighted by molar-refractivity contribution is -0.123. The fourth-order valence-corrected chi connectivity index (χ4v) is 4.00. The van der Waals surface area contributed by atoms with Crippen LogP contribution in [0.1, 0.15) is 18.2 Å². The van der Waals surface area contributed by atoms with Crippen molar-refractivity contribution in [2.75, 3.05) is 17.7 Å². The monoisotopic (exact) mass is 444 g/mol. The second-order valence-corrected chi connectivity index (χ2v) is 7.70. The van der Waals surface area contributed by atoms with Gasteiger partial charge in [0, 0.05) is 28.4 Å². The number of aromatic nitrogens is 2. The highest BCUT2D eigenvalue weighted by Crippen LogP contribution is 2.38. The van der Waals surface area contributed by atoms with Crippen molar-refractivity contribution < 1.29 is 14.3 Å². The van der Waals surface area contributed by atoms with Gasteiger partial charge in [-0.05, 0) is 23.8 Å². The second kappa shape index (κ2) is 8.47. The number of hydrogen-bond donors (Lipinski definition) is 2. The number of nitrogens with zero attached hydrogens (tertiary/aromatic N) is 2. The molecule has 2 amide bonds. The van der Waals surface area contributed by atoms with Crippen LogP contribution in [0.15, 0.2) is 48.5 Å². The van der Waals surface area contributed by atoms with Gasteiger partial charge in [0.1, 0.15) is 11.9 Å². The quantitative estimate of drug-likeness (QED) is 0.584. The largest absolute Gasteiger partial charge is 0.378 e. The molecular formula is C21H18Cl2N4O3. The summed E-state index contributed by atoms with van der Waals surface area (Å²) in [5, 5.41) is 11.0. The van der Waals surface area contributed by atoms with E-state index in [-0.39, 0.29) is 24.8 Å². The molecule has 0 spiro atoms. The second-order valence-electron chi connectivity index (χ2n) is 6.83. The minimum atomic E-state index is -0.775. The van der Waals surface area contributed by atoms with Crippen molar-refractivity contribution >= 4 is 46.5 Å². The molecule has 0 saturated carbocycles. The predicted molar refractivity (Wildman–Crippen MR) is 116 cm³/mol. The molecule has 154 valence electrons. The Morgan fingerprint density at radius 1 is 1.20 bits per heavy atom. The van der Waals surface area contributed by atoms with E-state index in [1.807, 2.05) is 30.3 Å². The Balaban J connectivity index is 1.61. The van der Waals surface area contributed by atoms with Crippen molar-refractivity contribution in [3.8, 4) is 11.1 Å². The first kappa shape index (κ1) is 20.4. The maximum Gasteiger partial charge on any atom is 0.251 e. The maximum atomic E-state index is 12.6. The molecule has 1 aliphatic rings. The number of hydrogen-bond acceptors (Lipinski definition) is 4. The number of methoxy groups -OCH3 is 1. The minimum absolute atomic E-state index is 0.0920. The third-order valence-corrected chi connectivity index (χ3v) is 5.13. The van der Waals surface area contributed by atoms with Gasteiger partial charge >= 0.3 is 0 Å². The number of carbonyl (C=O) groups is 2. The summed E-state index contributed by atoms with van der Waals surface area (Å²) < 4.78 is 6.84. The van der Waals surface area contributed by atoms with E-state index in [2.05, 4.69) is 15.7 Å². The third-order valence-electron chi connectivity index (χ3n) is 4.69. The molecule has 1 aliphatic heterocycles. The Morgan fingerprint density at radius 2 is 1.90 bits per heavy atom. The molecule has 0 radical (unpaired) electrons. The number of amides is 2. The molecule has 30 heavy (non-hydrogen) atoms. The molecular weight excluding hydrogens is 427 g/mol. The van der Waals surface area contributed by atoms with Gasteiger partial charge in [0.2, 0.25) is 5.91 Å².